The molecule has 0 heterocycles. The van der Waals surface area contributed by atoms with E-state index in [-0.39, 0.29) is 23.5 Å². The zero-order chi connectivity index (χ0) is 12.6. The topological polar surface area (TPSA) is 37.3 Å². The van der Waals surface area contributed by atoms with Gasteiger partial charge in [0, 0.05) is 5.92 Å². The molecule has 4 heteroatoms. The zero-order valence-electron chi connectivity index (χ0n) is 9.54. The second kappa shape index (κ2) is 4.43. The van der Waals surface area contributed by atoms with Gasteiger partial charge in [-0.15, -0.1) is 0 Å². The fourth-order valence-electron chi connectivity index (χ4n) is 2.16. The Kier molecular flexibility index (Phi) is 3.13. The van der Waals surface area contributed by atoms with Gasteiger partial charge >= 0.3 is 5.97 Å². The molecule has 1 N–H and O–H groups in total. The molecule has 1 atom stereocenters. The summed E-state index contributed by atoms with van der Waals surface area (Å²) in [6.07, 6.45) is 1.66. The predicted molar refractivity (Wildman–Crippen MR) is 58.8 cm³/mol. The van der Waals surface area contributed by atoms with Crippen molar-refractivity contribution in [2.45, 2.75) is 32.1 Å². The molecular formula is C13H14F2O2. The highest BCUT2D eigenvalue weighted by Crippen LogP contribution is 2.45. The van der Waals surface area contributed by atoms with Gasteiger partial charge in [0.2, 0.25) is 0 Å². The summed E-state index contributed by atoms with van der Waals surface area (Å²) in [5.41, 5.74) is 0.453. The molecule has 1 aliphatic rings. The highest BCUT2D eigenvalue weighted by atomic mass is 19.2. The van der Waals surface area contributed by atoms with Crippen LogP contribution in [0.1, 0.15) is 36.3 Å². The van der Waals surface area contributed by atoms with E-state index in [0.717, 1.165) is 12.8 Å². The molecule has 1 saturated carbocycles. The largest absolute Gasteiger partial charge is 0.481 e. The monoisotopic (exact) mass is 240 g/mol. The van der Waals surface area contributed by atoms with Crippen molar-refractivity contribution in [2.75, 3.05) is 0 Å². The molecule has 2 rings (SSSR count). The molecule has 0 bridgehead atoms. The molecule has 92 valence electrons. The van der Waals surface area contributed by atoms with Crippen molar-refractivity contribution >= 4 is 5.97 Å². The van der Waals surface area contributed by atoms with Gasteiger partial charge in [-0.05, 0) is 36.8 Å². The van der Waals surface area contributed by atoms with Crippen LogP contribution < -0.4 is 0 Å². The molecule has 0 radical (unpaired) electrons. The number of carboxylic acid groups (broad SMARTS) is 1. The van der Waals surface area contributed by atoms with E-state index in [9.17, 15) is 13.6 Å². The molecule has 0 aromatic heterocycles. The smallest absolute Gasteiger partial charge is 0.303 e. The first-order valence-electron chi connectivity index (χ1n) is 5.67. The van der Waals surface area contributed by atoms with Gasteiger partial charge in [0.1, 0.15) is 0 Å². The second-order valence-electron chi connectivity index (χ2n) is 4.64. The summed E-state index contributed by atoms with van der Waals surface area (Å²) in [7, 11) is 0. The number of rotatable bonds is 4. The van der Waals surface area contributed by atoms with Crippen LogP contribution in [0.15, 0.2) is 12.1 Å². The zero-order valence-corrected chi connectivity index (χ0v) is 9.54. The van der Waals surface area contributed by atoms with Gasteiger partial charge < -0.3 is 5.11 Å². The minimum absolute atomic E-state index is 0.135. The summed E-state index contributed by atoms with van der Waals surface area (Å²) in [6, 6.07) is 3.02. The normalized spacial score (nSPS) is 16.9. The van der Waals surface area contributed by atoms with Crippen molar-refractivity contribution in [3.63, 3.8) is 0 Å². The Balaban J connectivity index is 2.35. The fraction of sp³-hybridized carbons (Fsp3) is 0.462. The maximum absolute atomic E-state index is 13.8. The molecule has 1 unspecified atom stereocenters. The quantitative estimate of drug-likeness (QED) is 0.877. The average molecular weight is 240 g/mol. The van der Waals surface area contributed by atoms with E-state index in [1.807, 2.05) is 0 Å². The van der Waals surface area contributed by atoms with Crippen LogP contribution in [0.25, 0.3) is 0 Å². The van der Waals surface area contributed by atoms with Crippen LogP contribution in [0.4, 0.5) is 8.78 Å². The molecule has 0 saturated heterocycles. The Bertz CT molecular complexity index is 453. The van der Waals surface area contributed by atoms with Gasteiger partial charge in [-0.25, -0.2) is 8.78 Å². The van der Waals surface area contributed by atoms with E-state index >= 15 is 0 Å². The van der Waals surface area contributed by atoms with E-state index in [1.165, 1.54) is 19.1 Å². The number of benzene rings is 1. The van der Waals surface area contributed by atoms with Gasteiger partial charge in [-0.1, -0.05) is 12.1 Å². The van der Waals surface area contributed by atoms with Gasteiger partial charge in [0.05, 0.1) is 6.42 Å². The lowest BCUT2D eigenvalue weighted by Gasteiger charge is -2.16. The van der Waals surface area contributed by atoms with Crippen LogP contribution in [0.5, 0.6) is 0 Å². The third-order valence-corrected chi connectivity index (χ3v) is 3.29. The molecule has 1 fully saturated rings. The van der Waals surface area contributed by atoms with Crippen molar-refractivity contribution in [1.29, 1.82) is 0 Å². The molecule has 0 spiro atoms. The van der Waals surface area contributed by atoms with Gasteiger partial charge in [0.15, 0.2) is 11.6 Å². The Morgan fingerprint density at radius 2 is 2.06 bits per heavy atom. The number of carboxylic acids is 1. The molecule has 17 heavy (non-hydrogen) atoms. The van der Waals surface area contributed by atoms with E-state index in [4.69, 9.17) is 5.11 Å². The number of hydrogen-bond acceptors (Lipinski definition) is 1. The fourth-order valence-corrected chi connectivity index (χ4v) is 2.16. The van der Waals surface area contributed by atoms with Gasteiger partial charge in [0.25, 0.3) is 0 Å². The van der Waals surface area contributed by atoms with Crippen LogP contribution in [-0.4, -0.2) is 11.1 Å². The highest BCUT2D eigenvalue weighted by molar-refractivity contribution is 5.68. The van der Waals surface area contributed by atoms with E-state index in [2.05, 4.69) is 0 Å². The molecule has 0 amide bonds. The first-order valence-corrected chi connectivity index (χ1v) is 5.67. The Labute approximate surface area is 98.3 Å². The molecule has 1 aromatic rings. The van der Waals surface area contributed by atoms with Crippen LogP contribution in [0, 0.1) is 24.5 Å². The average Bonchev–Trinajstić information content (AvgIpc) is 3.07. The number of carbonyl (C=O) groups is 1. The van der Waals surface area contributed by atoms with Gasteiger partial charge in [-0.3, -0.25) is 4.79 Å². The number of aryl methyl sites for hydroxylation is 1. The standard InChI is InChI=1S/C13H14F2O2/c1-7-2-5-9(13(15)12(7)14)10(6-11(16)17)8-3-4-8/h2,5,8,10H,3-4,6H2,1H3,(H,16,17). The summed E-state index contributed by atoms with van der Waals surface area (Å²) in [5.74, 6) is -2.94. The van der Waals surface area contributed by atoms with Crippen LogP contribution in [0.2, 0.25) is 0 Å². The van der Waals surface area contributed by atoms with Crippen molar-refractivity contribution in [3.05, 3.63) is 34.9 Å². The Hall–Kier alpha value is -1.45. The minimum Gasteiger partial charge on any atom is -0.481 e. The Morgan fingerprint density at radius 3 is 2.59 bits per heavy atom. The van der Waals surface area contributed by atoms with E-state index in [0.29, 0.717) is 0 Å². The lowest BCUT2D eigenvalue weighted by molar-refractivity contribution is -0.137. The lowest BCUT2D eigenvalue weighted by atomic mass is 9.90. The Morgan fingerprint density at radius 1 is 1.41 bits per heavy atom. The molecule has 0 aliphatic heterocycles. The second-order valence-corrected chi connectivity index (χ2v) is 4.64. The molecular weight excluding hydrogens is 226 g/mol. The maximum Gasteiger partial charge on any atom is 0.303 e. The van der Waals surface area contributed by atoms with Crippen molar-refractivity contribution < 1.29 is 18.7 Å². The third kappa shape index (κ3) is 2.46. The maximum atomic E-state index is 13.8. The highest BCUT2D eigenvalue weighted by Gasteiger charge is 2.35. The summed E-state index contributed by atoms with van der Waals surface area (Å²) in [5, 5.41) is 8.82. The summed E-state index contributed by atoms with van der Waals surface area (Å²) < 4.78 is 27.2. The minimum atomic E-state index is -0.970. The predicted octanol–water partition coefficient (Wildman–Crippen LogP) is 3.24. The van der Waals surface area contributed by atoms with E-state index in [1.54, 1.807) is 0 Å². The third-order valence-electron chi connectivity index (χ3n) is 3.29. The van der Waals surface area contributed by atoms with Crippen molar-refractivity contribution in [1.82, 2.24) is 0 Å². The molecule has 1 aliphatic carbocycles. The van der Waals surface area contributed by atoms with Crippen LogP contribution >= 0.6 is 0 Å². The first-order chi connectivity index (χ1) is 8.00. The number of halogens is 2. The molecule has 1 aromatic carbocycles. The van der Waals surface area contributed by atoms with E-state index < -0.39 is 23.5 Å². The van der Waals surface area contributed by atoms with Gasteiger partial charge in [-0.2, -0.15) is 0 Å². The lowest BCUT2D eigenvalue weighted by Crippen LogP contribution is -2.11. The van der Waals surface area contributed by atoms with Crippen LogP contribution in [-0.2, 0) is 4.79 Å². The summed E-state index contributed by atoms with van der Waals surface area (Å²) in [4.78, 5) is 10.8. The number of aliphatic carboxylic acids is 1. The SMILES string of the molecule is Cc1ccc(C(CC(=O)O)C2CC2)c(F)c1F. The number of hydrogen-bond donors (Lipinski definition) is 1. The summed E-state index contributed by atoms with van der Waals surface area (Å²) in [6.45, 7) is 1.49. The molecule has 2 nitrogen and oxygen atoms in total. The summed E-state index contributed by atoms with van der Waals surface area (Å²) >= 11 is 0. The van der Waals surface area contributed by atoms with Crippen LogP contribution in [0.3, 0.4) is 0 Å². The van der Waals surface area contributed by atoms with Crippen molar-refractivity contribution in [2.24, 2.45) is 5.92 Å². The first kappa shape index (κ1) is 12.0. The van der Waals surface area contributed by atoms with Crippen molar-refractivity contribution in [3.8, 4) is 0 Å².